The van der Waals surface area contributed by atoms with E-state index in [1.807, 2.05) is 13.0 Å². The summed E-state index contributed by atoms with van der Waals surface area (Å²) in [4.78, 5) is 21.2. The lowest BCUT2D eigenvalue weighted by Crippen LogP contribution is -2.48. The van der Waals surface area contributed by atoms with Gasteiger partial charge >= 0.3 is 11.9 Å². The number of halogens is 3. The Labute approximate surface area is 198 Å². The third-order valence-electron chi connectivity index (χ3n) is 6.32. The summed E-state index contributed by atoms with van der Waals surface area (Å²) < 4.78 is 47.4. The number of aromatic nitrogens is 5. The van der Waals surface area contributed by atoms with Crippen molar-refractivity contribution in [2.24, 2.45) is 0 Å². The van der Waals surface area contributed by atoms with Gasteiger partial charge in [0.2, 0.25) is 11.7 Å². The highest BCUT2D eigenvalue weighted by Gasteiger charge is 2.31. The van der Waals surface area contributed by atoms with Gasteiger partial charge in [-0.15, -0.1) is 5.10 Å². The van der Waals surface area contributed by atoms with Gasteiger partial charge in [0, 0.05) is 44.5 Å². The quantitative estimate of drug-likeness (QED) is 0.414. The van der Waals surface area contributed by atoms with Gasteiger partial charge in [-0.3, -0.25) is 14.2 Å². The molecular formula is C23H24F3N7O2. The van der Waals surface area contributed by atoms with Crippen LogP contribution >= 0.6 is 0 Å². The number of hydrogen-bond acceptors (Lipinski definition) is 7. The maximum absolute atomic E-state index is 13.0. The molecule has 0 spiro atoms. The van der Waals surface area contributed by atoms with Crippen LogP contribution in [0.3, 0.4) is 0 Å². The van der Waals surface area contributed by atoms with Crippen LogP contribution in [-0.4, -0.2) is 66.8 Å². The second-order valence-electron chi connectivity index (χ2n) is 8.52. The van der Waals surface area contributed by atoms with E-state index >= 15 is 0 Å². The first kappa shape index (κ1) is 23.2. The van der Waals surface area contributed by atoms with Crippen molar-refractivity contribution in [3.8, 4) is 11.4 Å². The lowest BCUT2D eigenvalue weighted by molar-refractivity contribution is -0.137. The number of hydrogen-bond donors (Lipinski definition) is 0. The number of piperazine rings is 1. The van der Waals surface area contributed by atoms with Crippen LogP contribution in [0.1, 0.15) is 24.4 Å². The summed E-state index contributed by atoms with van der Waals surface area (Å²) in [5.74, 6) is 0.497. The molecule has 0 aliphatic carbocycles. The van der Waals surface area contributed by atoms with Crippen LogP contribution in [-0.2, 0) is 12.7 Å². The molecule has 1 saturated heterocycles. The van der Waals surface area contributed by atoms with Crippen LogP contribution in [0.4, 0.5) is 13.2 Å². The molecule has 1 aliphatic rings. The Morgan fingerprint density at radius 3 is 2.60 bits per heavy atom. The largest absolute Gasteiger partial charge is 0.416 e. The number of benzene rings is 1. The normalized spacial score (nSPS) is 16.7. The standard InChI is InChI=1S/C23H24F3N7O2/c1-16(21-27-20(29-35-21)17-5-4-6-18(15-17)23(24,25)26)31-12-9-30(10-13-31)11-14-33-22(34)32-8-3-2-7-19(32)28-33/h2-8,15-16H,9-14H2,1H3. The van der Waals surface area contributed by atoms with Crippen molar-refractivity contribution in [2.45, 2.75) is 25.7 Å². The zero-order valence-corrected chi connectivity index (χ0v) is 19.0. The van der Waals surface area contributed by atoms with E-state index in [1.165, 1.54) is 21.2 Å². The minimum Gasteiger partial charge on any atom is -0.337 e. The van der Waals surface area contributed by atoms with Gasteiger partial charge in [0.25, 0.3) is 0 Å². The molecule has 4 aromatic rings. The van der Waals surface area contributed by atoms with E-state index in [9.17, 15) is 18.0 Å². The second-order valence-corrected chi connectivity index (χ2v) is 8.52. The Morgan fingerprint density at radius 2 is 1.86 bits per heavy atom. The molecule has 35 heavy (non-hydrogen) atoms. The summed E-state index contributed by atoms with van der Waals surface area (Å²) in [5, 5.41) is 8.26. The van der Waals surface area contributed by atoms with E-state index < -0.39 is 11.7 Å². The second kappa shape index (κ2) is 9.27. The molecule has 0 amide bonds. The first-order chi connectivity index (χ1) is 16.8. The number of nitrogens with zero attached hydrogens (tertiary/aromatic N) is 7. The summed E-state index contributed by atoms with van der Waals surface area (Å²) in [7, 11) is 0. The highest BCUT2D eigenvalue weighted by atomic mass is 19.4. The predicted molar refractivity (Wildman–Crippen MR) is 121 cm³/mol. The summed E-state index contributed by atoms with van der Waals surface area (Å²) in [6.45, 7) is 6.23. The van der Waals surface area contributed by atoms with Crippen LogP contribution in [0, 0.1) is 0 Å². The van der Waals surface area contributed by atoms with Crippen LogP contribution in [0.25, 0.3) is 17.0 Å². The van der Waals surface area contributed by atoms with Crippen molar-refractivity contribution >= 4 is 5.65 Å². The number of fused-ring (bicyclic) bond motifs is 1. The van der Waals surface area contributed by atoms with E-state index in [1.54, 1.807) is 18.3 Å². The third kappa shape index (κ3) is 4.84. The van der Waals surface area contributed by atoms with Gasteiger partial charge in [0.15, 0.2) is 5.65 Å². The molecule has 0 radical (unpaired) electrons. The number of alkyl halides is 3. The van der Waals surface area contributed by atoms with Crippen LogP contribution < -0.4 is 5.69 Å². The summed E-state index contributed by atoms with van der Waals surface area (Å²) in [5.41, 5.74) is -0.0218. The van der Waals surface area contributed by atoms with Crippen molar-refractivity contribution in [3.63, 3.8) is 0 Å². The molecule has 0 N–H and O–H groups in total. The Bertz CT molecular complexity index is 1370. The topological polar surface area (TPSA) is 84.7 Å². The van der Waals surface area contributed by atoms with Crippen LogP contribution in [0.15, 0.2) is 58.0 Å². The molecule has 4 heterocycles. The SMILES string of the molecule is CC(c1nc(-c2cccc(C(F)(F)F)c2)no1)N1CCN(CCn2nc3ccccn3c2=O)CC1. The van der Waals surface area contributed by atoms with Crippen molar-refractivity contribution in [1.29, 1.82) is 0 Å². The van der Waals surface area contributed by atoms with E-state index in [4.69, 9.17) is 4.52 Å². The van der Waals surface area contributed by atoms with Crippen LogP contribution in [0.2, 0.25) is 0 Å². The zero-order chi connectivity index (χ0) is 24.6. The molecule has 1 atom stereocenters. The summed E-state index contributed by atoms with van der Waals surface area (Å²) in [6.07, 6.45) is -2.73. The van der Waals surface area contributed by atoms with Crippen molar-refractivity contribution < 1.29 is 17.7 Å². The molecule has 3 aromatic heterocycles. The van der Waals surface area contributed by atoms with Gasteiger partial charge < -0.3 is 4.52 Å². The van der Waals surface area contributed by atoms with Gasteiger partial charge in [-0.1, -0.05) is 23.4 Å². The molecule has 1 aromatic carbocycles. The Hall–Kier alpha value is -3.51. The monoisotopic (exact) mass is 487 g/mol. The molecule has 12 heteroatoms. The molecular weight excluding hydrogens is 463 g/mol. The fourth-order valence-electron chi connectivity index (χ4n) is 4.24. The molecule has 0 bridgehead atoms. The van der Waals surface area contributed by atoms with Gasteiger partial charge in [0.1, 0.15) is 0 Å². The average Bonchev–Trinajstić information content (AvgIpc) is 3.48. The minimum absolute atomic E-state index is 0.134. The molecule has 1 fully saturated rings. The van der Waals surface area contributed by atoms with E-state index in [2.05, 4.69) is 25.0 Å². The fraction of sp³-hybridized carbons (Fsp3) is 0.391. The van der Waals surface area contributed by atoms with Gasteiger partial charge in [-0.05, 0) is 31.2 Å². The maximum Gasteiger partial charge on any atom is 0.416 e. The number of pyridine rings is 1. The van der Waals surface area contributed by atoms with Crippen LogP contribution in [0.5, 0.6) is 0 Å². The van der Waals surface area contributed by atoms with Gasteiger partial charge in [-0.2, -0.15) is 18.2 Å². The first-order valence-electron chi connectivity index (χ1n) is 11.3. The third-order valence-corrected chi connectivity index (χ3v) is 6.32. The lowest BCUT2D eigenvalue weighted by Gasteiger charge is -2.36. The van der Waals surface area contributed by atoms with Crippen molar-refractivity contribution in [2.75, 3.05) is 32.7 Å². The zero-order valence-electron chi connectivity index (χ0n) is 19.0. The van der Waals surface area contributed by atoms with E-state index in [0.29, 0.717) is 24.6 Å². The molecule has 5 rings (SSSR count). The molecule has 0 saturated carbocycles. The molecule has 1 unspecified atom stereocenters. The number of rotatable bonds is 6. The predicted octanol–water partition coefficient (Wildman–Crippen LogP) is 2.94. The van der Waals surface area contributed by atoms with Crippen molar-refractivity contribution in [1.82, 2.24) is 34.1 Å². The van der Waals surface area contributed by atoms with Gasteiger partial charge in [0.05, 0.1) is 18.2 Å². The van der Waals surface area contributed by atoms with E-state index in [0.717, 1.165) is 38.3 Å². The minimum atomic E-state index is -4.44. The first-order valence-corrected chi connectivity index (χ1v) is 11.3. The average molecular weight is 487 g/mol. The van der Waals surface area contributed by atoms with E-state index in [-0.39, 0.29) is 23.1 Å². The molecule has 9 nitrogen and oxygen atoms in total. The summed E-state index contributed by atoms with van der Waals surface area (Å²) in [6, 6.07) is 10.2. The van der Waals surface area contributed by atoms with Crippen molar-refractivity contribution in [3.05, 3.63) is 70.6 Å². The molecule has 184 valence electrons. The highest BCUT2D eigenvalue weighted by molar-refractivity contribution is 5.55. The highest BCUT2D eigenvalue weighted by Crippen LogP contribution is 2.32. The van der Waals surface area contributed by atoms with Gasteiger partial charge in [-0.25, -0.2) is 9.48 Å². The Morgan fingerprint density at radius 1 is 1.06 bits per heavy atom. The molecule has 1 aliphatic heterocycles. The Balaban J connectivity index is 1.17. The lowest BCUT2D eigenvalue weighted by atomic mass is 10.1. The maximum atomic E-state index is 13.0. The Kier molecular flexibility index (Phi) is 6.15. The fourth-order valence-corrected chi connectivity index (χ4v) is 4.24. The summed E-state index contributed by atoms with van der Waals surface area (Å²) >= 11 is 0. The smallest absolute Gasteiger partial charge is 0.337 e.